The number of benzene rings is 1. The molecule has 1 nitrogen and oxygen atoms in total. The first kappa shape index (κ1) is 10.3. The Hall–Kier alpha value is -0.820. The molecule has 0 aromatic heterocycles. The van der Waals surface area contributed by atoms with Crippen LogP contribution < -0.4 is 0 Å². The molecule has 1 radical (unpaired) electrons. The van der Waals surface area contributed by atoms with Crippen molar-refractivity contribution in [2.45, 2.75) is 49.5 Å². The molecule has 1 aromatic carbocycles. The molecule has 3 fully saturated rings. The Kier molecular flexibility index (Phi) is 2.32. The van der Waals surface area contributed by atoms with Crippen LogP contribution in [0.1, 0.15) is 44.1 Å². The Morgan fingerprint density at radius 1 is 1.00 bits per heavy atom. The van der Waals surface area contributed by atoms with Crippen LogP contribution in [0.15, 0.2) is 24.3 Å². The van der Waals surface area contributed by atoms with E-state index in [0.29, 0.717) is 5.41 Å². The zero-order valence-electron chi connectivity index (χ0n) is 9.96. The van der Waals surface area contributed by atoms with Gasteiger partial charge in [0.15, 0.2) is 0 Å². The van der Waals surface area contributed by atoms with Crippen molar-refractivity contribution in [2.75, 3.05) is 7.11 Å². The van der Waals surface area contributed by atoms with E-state index in [1.807, 2.05) is 7.11 Å². The second kappa shape index (κ2) is 3.59. The Bertz CT molecular complexity index is 344. The highest BCUT2D eigenvalue weighted by molar-refractivity contribution is 5.28. The SMILES string of the molecule is COC12CCC(c3cc[c]cc3)(CC1)CC2. The summed E-state index contributed by atoms with van der Waals surface area (Å²) in [5.74, 6) is 0. The van der Waals surface area contributed by atoms with Crippen molar-refractivity contribution in [1.29, 1.82) is 0 Å². The van der Waals surface area contributed by atoms with E-state index in [-0.39, 0.29) is 5.60 Å². The lowest BCUT2D eigenvalue weighted by atomic mass is 9.56. The fourth-order valence-corrected chi connectivity index (χ4v) is 3.63. The normalized spacial score (nSPS) is 37.6. The Balaban J connectivity index is 1.89. The zero-order valence-corrected chi connectivity index (χ0v) is 9.96. The fraction of sp³-hybridized carbons (Fsp3) is 0.600. The fourth-order valence-electron chi connectivity index (χ4n) is 3.63. The van der Waals surface area contributed by atoms with Gasteiger partial charge >= 0.3 is 0 Å². The van der Waals surface area contributed by atoms with E-state index in [4.69, 9.17) is 4.74 Å². The maximum atomic E-state index is 5.74. The van der Waals surface area contributed by atoms with Gasteiger partial charge in [-0.05, 0) is 55.6 Å². The third kappa shape index (κ3) is 1.41. The molecule has 0 amide bonds. The van der Waals surface area contributed by atoms with Gasteiger partial charge < -0.3 is 4.74 Å². The smallest absolute Gasteiger partial charge is 0.0679 e. The maximum Gasteiger partial charge on any atom is 0.0679 e. The summed E-state index contributed by atoms with van der Waals surface area (Å²) in [5.41, 5.74) is 2.20. The van der Waals surface area contributed by atoms with Gasteiger partial charge in [-0.15, -0.1) is 0 Å². The minimum absolute atomic E-state index is 0.225. The van der Waals surface area contributed by atoms with Crippen molar-refractivity contribution in [3.05, 3.63) is 35.9 Å². The minimum atomic E-state index is 0.225. The quantitative estimate of drug-likeness (QED) is 0.734. The van der Waals surface area contributed by atoms with E-state index in [0.717, 1.165) is 0 Å². The van der Waals surface area contributed by atoms with Crippen LogP contribution in [0.5, 0.6) is 0 Å². The number of hydrogen-bond acceptors (Lipinski definition) is 1. The van der Waals surface area contributed by atoms with Gasteiger partial charge in [0.25, 0.3) is 0 Å². The van der Waals surface area contributed by atoms with Crippen molar-refractivity contribution in [3.63, 3.8) is 0 Å². The van der Waals surface area contributed by atoms with E-state index in [1.54, 1.807) is 0 Å². The van der Waals surface area contributed by atoms with Crippen LogP contribution in [-0.2, 0) is 10.2 Å². The van der Waals surface area contributed by atoms with Gasteiger partial charge in [0.05, 0.1) is 5.60 Å². The molecule has 0 spiro atoms. The molecule has 0 heterocycles. The molecule has 0 saturated heterocycles. The average Bonchev–Trinajstić information content (AvgIpc) is 2.42. The molecule has 3 aliphatic carbocycles. The van der Waals surface area contributed by atoms with E-state index in [1.165, 1.54) is 44.1 Å². The van der Waals surface area contributed by atoms with Crippen LogP contribution in [0.25, 0.3) is 0 Å². The average molecular weight is 215 g/mol. The molecular formula is C15H19O. The number of fused-ring (bicyclic) bond motifs is 3. The molecule has 2 bridgehead atoms. The lowest BCUT2D eigenvalue weighted by Crippen LogP contribution is -2.49. The van der Waals surface area contributed by atoms with Crippen LogP contribution in [0.2, 0.25) is 0 Å². The first-order chi connectivity index (χ1) is 7.79. The summed E-state index contributed by atoms with van der Waals surface area (Å²) in [7, 11) is 1.88. The Morgan fingerprint density at radius 3 is 2.06 bits per heavy atom. The molecule has 3 saturated carbocycles. The van der Waals surface area contributed by atoms with Gasteiger partial charge in [-0.25, -0.2) is 0 Å². The lowest BCUT2D eigenvalue weighted by molar-refractivity contribution is -0.0955. The van der Waals surface area contributed by atoms with Gasteiger partial charge in [-0.2, -0.15) is 0 Å². The topological polar surface area (TPSA) is 9.23 Å². The molecule has 3 aliphatic rings. The van der Waals surface area contributed by atoms with Gasteiger partial charge in [-0.3, -0.25) is 0 Å². The largest absolute Gasteiger partial charge is 0.378 e. The van der Waals surface area contributed by atoms with Crippen LogP contribution in [0.4, 0.5) is 0 Å². The molecule has 0 atom stereocenters. The van der Waals surface area contributed by atoms with Crippen LogP contribution in [-0.4, -0.2) is 12.7 Å². The van der Waals surface area contributed by atoms with Crippen LogP contribution >= 0.6 is 0 Å². The van der Waals surface area contributed by atoms with Gasteiger partial charge in [0.1, 0.15) is 0 Å². The van der Waals surface area contributed by atoms with Gasteiger partial charge in [-0.1, -0.05) is 24.3 Å². The molecule has 0 unspecified atom stereocenters. The van der Waals surface area contributed by atoms with Crippen molar-refractivity contribution in [2.24, 2.45) is 0 Å². The first-order valence-corrected chi connectivity index (χ1v) is 6.31. The van der Waals surface area contributed by atoms with Crippen LogP contribution in [0, 0.1) is 6.07 Å². The van der Waals surface area contributed by atoms with E-state index < -0.39 is 0 Å². The highest BCUT2D eigenvalue weighted by atomic mass is 16.5. The van der Waals surface area contributed by atoms with Crippen LogP contribution in [0.3, 0.4) is 0 Å². The maximum absolute atomic E-state index is 5.74. The highest BCUT2D eigenvalue weighted by Gasteiger charge is 2.49. The summed E-state index contributed by atoms with van der Waals surface area (Å²) in [6.45, 7) is 0. The predicted octanol–water partition coefficient (Wildman–Crippen LogP) is 3.48. The van der Waals surface area contributed by atoms with Crippen molar-refractivity contribution in [1.82, 2.24) is 0 Å². The summed E-state index contributed by atoms with van der Waals surface area (Å²) in [6, 6.07) is 11.7. The number of hydrogen-bond donors (Lipinski definition) is 0. The lowest BCUT2D eigenvalue weighted by Gasteiger charge is -2.53. The molecule has 1 aromatic rings. The van der Waals surface area contributed by atoms with E-state index >= 15 is 0 Å². The van der Waals surface area contributed by atoms with Crippen molar-refractivity contribution in [3.8, 4) is 0 Å². The first-order valence-electron chi connectivity index (χ1n) is 6.31. The molecule has 16 heavy (non-hydrogen) atoms. The zero-order chi connectivity index (χ0) is 11.1. The summed E-state index contributed by atoms with van der Waals surface area (Å²) in [4.78, 5) is 0. The Morgan fingerprint density at radius 2 is 1.56 bits per heavy atom. The predicted molar refractivity (Wildman–Crippen MR) is 64.4 cm³/mol. The molecule has 0 aliphatic heterocycles. The summed E-state index contributed by atoms with van der Waals surface area (Å²) in [6.07, 6.45) is 7.60. The highest BCUT2D eigenvalue weighted by Crippen LogP contribution is 2.54. The standard InChI is InChI=1S/C15H19O/c1-16-15-10-7-14(8-11-15,9-12-15)13-5-3-2-4-6-13/h3-6H,7-12H2,1H3. The monoisotopic (exact) mass is 215 g/mol. The minimum Gasteiger partial charge on any atom is -0.378 e. The van der Waals surface area contributed by atoms with Gasteiger partial charge in [0, 0.05) is 7.11 Å². The third-order valence-corrected chi connectivity index (χ3v) is 4.94. The second-order valence-corrected chi connectivity index (χ2v) is 5.46. The Labute approximate surface area is 97.8 Å². The summed E-state index contributed by atoms with van der Waals surface area (Å²) < 4.78 is 5.74. The summed E-state index contributed by atoms with van der Waals surface area (Å²) in [5, 5.41) is 0. The van der Waals surface area contributed by atoms with Crippen molar-refractivity contribution >= 4 is 0 Å². The number of methoxy groups -OCH3 is 1. The number of rotatable bonds is 2. The summed E-state index contributed by atoms with van der Waals surface area (Å²) >= 11 is 0. The third-order valence-electron chi connectivity index (χ3n) is 4.94. The van der Waals surface area contributed by atoms with E-state index in [2.05, 4.69) is 30.3 Å². The van der Waals surface area contributed by atoms with Gasteiger partial charge in [0.2, 0.25) is 0 Å². The molecular weight excluding hydrogens is 196 g/mol. The molecule has 85 valence electrons. The second-order valence-electron chi connectivity index (χ2n) is 5.46. The molecule has 4 rings (SSSR count). The van der Waals surface area contributed by atoms with Crippen molar-refractivity contribution < 1.29 is 4.74 Å². The number of ether oxygens (including phenoxy) is 1. The van der Waals surface area contributed by atoms with E-state index in [9.17, 15) is 0 Å². The molecule has 0 N–H and O–H groups in total. The molecule has 1 heteroatoms.